The van der Waals surface area contributed by atoms with Crippen molar-refractivity contribution in [2.24, 2.45) is 0 Å². The van der Waals surface area contributed by atoms with Gasteiger partial charge in [0, 0.05) is 30.9 Å². The highest BCUT2D eigenvalue weighted by atomic mass is 16.1. The van der Waals surface area contributed by atoms with E-state index in [9.17, 15) is 4.79 Å². The Bertz CT molecular complexity index is 581. The Hall–Kier alpha value is -2.29. The number of nitrogens with one attached hydrogen (secondary N) is 1. The largest absolute Gasteiger partial charge is 0.370 e. The third kappa shape index (κ3) is 4.09. The van der Waals surface area contributed by atoms with E-state index in [1.807, 2.05) is 42.5 Å². The maximum absolute atomic E-state index is 12.0. The Labute approximate surface area is 126 Å². The van der Waals surface area contributed by atoms with Crippen molar-refractivity contribution in [2.75, 3.05) is 24.5 Å². The summed E-state index contributed by atoms with van der Waals surface area (Å²) in [6.45, 7) is 6.61. The van der Waals surface area contributed by atoms with Crippen molar-refractivity contribution in [3.8, 4) is 0 Å². The first-order valence-electron chi connectivity index (χ1n) is 7.36. The van der Waals surface area contributed by atoms with Crippen molar-refractivity contribution in [3.05, 3.63) is 65.7 Å². The van der Waals surface area contributed by atoms with Crippen LogP contribution in [0, 0.1) is 6.92 Å². The number of benzene rings is 2. The van der Waals surface area contributed by atoms with Gasteiger partial charge in [0.2, 0.25) is 0 Å². The quantitative estimate of drug-likeness (QED) is 0.882. The molecule has 0 unspecified atom stereocenters. The molecule has 0 fully saturated rings. The SMILES string of the molecule is CCN(CCNC(=O)c1ccccc1)c1ccccc1C. The van der Waals surface area contributed by atoms with Gasteiger partial charge in [0.15, 0.2) is 0 Å². The van der Waals surface area contributed by atoms with Gasteiger partial charge in [0.25, 0.3) is 5.91 Å². The van der Waals surface area contributed by atoms with Crippen LogP contribution in [0.2, 0.25) is 0 Å². The number of anilines is 1. The van der Waals surface area contributed by atoms with Gasteiger partial charge in [-0.05, 0) is 37.6 Å². The molecule has 0 atom stereocenters. The summed E-state index contributed by atoms with van der Waals surface area (Å²) in [7, 11) is 0. The van der Waals surface area contributed by atoms with E-state index in [-0.39, 0.29) is 5.91 Å². The van der Waals surface area contributed by atoms with Gasteiger partial charge in [-0.3, -0.25) is 4.79 Å². The number of nitrogens with zero attached hydrogens (tertiary/aromatic N) is 1. The molecule has 1 N–H and O–H groups in total. The summed E-state index contributed by atoms with van der Waals surface area (Å²) in [5, 5.41) is 2.97. The van der Waals surface area contributed by atoms with E-state index in [0.717, 1.165) is 13.1 Å². The number of para-hydroxylation sites is 1. The van der Waals surface area contributed by atoms with Crippen LogP contribution in [0.3, 0.4) is 0 Å². The zero-order valence-corrected chi connectivity index (χ0v) is 12.7. The molecule has 0 bridgehead atoms. The fraction of sp³-hybridized carbons (Fsp3) is 0.278. The second-order valence-electron chi connectivity index (χ2n) is 4.99. The normalized spacial score (nSPS) is 10.2. The summed E-state index contributed by atoms with van der Waals surface area (Å²) in [5.74, 6) is -0.0172. The first-order valence-corrected chi connectivity index (χ1v) is 7.36. The summed E-state index contributed by atoms with van der Waals surface area (Å²) in [6, 6.07) is 17.6. The molecule has 2 aromatic rings. The van der Waals surface area contributed by atoms with Crippen LogP contribution in [0.15, 0.2) is 54.6 Å². The number of rotatable bonds is 6. The molecule has 2 rings (SSSR count). The monoisotopic (exact) mass is 282 g/mol. The standard InChI is InChI=1S/C18H22N2O/c1-3-20(17-12-8-7-9-15(17)2)14-13-19-18(21)16-10-5-4-6-11-16/h4-12H,3,13-14H2,1-2H3,(H,19,21). The molecule has 0 heterocycles. The zero-order chi connectivity index (χ0) is 15.1. The van der Waals surface area contributed by atoms with E-state index < -0.39 is 0 Å². The Kier molecular flexibility index (Phi) is 5.38. The van der Waals surface area contributed by atoms with Crippen LogP contribution < -0.4 is 10.2 Å². The molecular weight excluding hydrogens is 260 g/mol. The summed E-state index contributed by atoms with van der Waals surface area (Å²) >= 11 is 0. The summed E-state index contributed by atoms with van der Waals surface area (Å²) in [5.41, 5.74) is 3.19. The number of carbonyl (C=O) groups is 1. The predicted octanol–water partition coefficient (Wildman–Crippen LogP) is 3.25. The molecule has 110 valence electrons. The van der Waals surface area contributed by atoms with Crippen molar-refractivity contribution >= 4 is 11.6 Å². The number of aryl methyl sites for hydroxylation is 1. The number of hydrogen-bond acceptors (Lipinski definition) is 2. The molecule has 0 aromatic heterocycles. The van der Waals surface area contributed by atoms with Crippen molar-refractivity contribution in [2.45, 2.75) is 13.8 Å². The Balaban J connectivity index is 1.90. The molecule has 0 saturated carbocycles. The lowest BCUT2D eigenvalue weighted by molar-refractivity contribution is 0.0954. The zero-order valence-electron chi connectivity index (χ0n) is 12.7. The van der Waals surface area contributed by atoms with Crippen LogP contribution in [-0.4, -0.2) is 25.5 Å². The summed E-state index contributed by atoms with van der Waals surface area (Å²) in [4.78, 5) is 14.3. The second-order valence-corrected chi connectivity index (χ2v) is 4.99. The van der Waals surface area contributed by atoms with Gasteiger partial charge in [0.1, 0.15) is 0 Å². The third-order valence-corrected chi connectivity index (χ3v) is 3.54. The van der Waals surface area contributed by atoms with E-state index in [1.54, 1.807) is 0 Å². The van der Waals surface area contributed by atoms with Crippen LogP contribution in [0.5, 0.6) is 0 Å². The smallest absolute Gasteiger partial charge is 0.251 e. The maximum atomic E-state index is 12.0. The van der Waals surface area contributed by atoms with Gasteiger partial charge in [-0.2, -0.15) is 0 Å². The highest BCUT2D eigenvalue weighted by Crippen LogP contribution is 2.18. The van der Waals surface area contributed by atoms with Crippen LogP contribution in [0.4, 0.5) is 5.69 Å². The Morgan fingerprint density at radius 2 is 1.71 bits per heavy atom. The van der Waals surface area contributed by atoms with Gasteiger partial charge in [-0.25, -0.2) is 0 Å². The summed E-state index contributed by atoms with van der Waals surface area (Å²) in [6.07, 6.45) is 0. The lowest BCUT2D eigenvalue weighted by atomic mass is 10.2. The van der Waals surface area contributed by atoms with E-state index in [0.29, 0.717) is 12.1 Å². The highest BCUT2D eigenvalue weighted by molar-refractivity contribution is 5.94. The molecule has 0 aliphatic rings. The van der Waals surface area contributed by atoms with Gasteiger partial charge < -0.3 is 10.2 Å². The highest BCUT2D eigenvalue weighted by Gasteiger charge is 2.08. The van der Waals surface area contributed by atoms with Gasteiger partial charge in [-0.1, -0.05) is 36.4 Å². The average molecular weight is 282 g/mol. The van der Waals surface area contributed by atoms with E-state index in [2.05, 4.69) is 36.2 Å². The number of hydrogen-bond donors (Lipinski definition) is 1. The van der Waals surface area contributed by atoms with Gasteiger partial charge >= 0.3 is 0 Å². The number of likely N-dealkylation sites (N-methyl/N-ethyl adjacent to an activating group) is 1. The molecule has 3 heteroatoms. The van der Waals surface area contributed by atoms with E-state index in [1.165, 1.54) is 11.3 Å². The van der Waals surface area contributed by atoms with E-state index >= 15 is 0 Å². The number of amides is 1. The van der Waals surface area contributed by atoms with Gasteiger partial charge in [-0.15, -0.1) is 0 Å². The topological polar surface area (TPSA) is 32.3 Å². The maximum Gasteiger partial charge on any atom is 0.251 e. The molecule has 0 aliphatic carbocycles. The van der Waals surface area contributed by atoms with Gasteiger partial charge in [0.05, 0.1) is 0 Å². The predicted molar refractivity (Wildman–Crippen MR) is 87.8 cm³/mol. The van der Waals surface area contributed by atoms with E-state index in [4.69, 9.17) is 0 Å². The minimum absolute atomic E-state index is 0.0172. The van der Waals surface area contributed by atoms with Crippen LogP contribution >= 0.6 is 0 Å². The second kappa shape index (κ2) is 7.48. The van der Waals surface area contributed by atoms with Crippen molar-refractivity contribution in [1.29, 1.82) is 0 Å². The first kappa shape index (κ1) is 15.1. The lowest BCUT2D eigenvalue weighted by Crippen LogP contribution is -2.35. The molecule has 0 saturated heterocycles. The molecule has 1 amide bonds. The van der Waals surface area contributed by atoms with Crippen LogP contribution in [0.25, 0.3) is 0 Å². The van der Waals surface area contributed by atoms with Crippen LogP contribution in [-0.2, 0) is 0 Å². The molecule has 0 radical (unpaired) electrons. The fourth-order valence-corrected chi connectivity index (χ4v) is 2.36. The molecular formula is C18H22N2O. The fourth-order valence-electron chi connectivity index (χ4n) is 2.36. The third-order valence-electron chi connectivity index (χ3n) is 3.54. The molecule has 3 nitrogen and oxygen atoms in total. The minimum Gasteiger partial charge on any atom is -0.370 e. The minimum atomic E-state index is -0.0172. The van der Waals surface area contributed by atoms with Crippen molar-refractivity contribution in [1.82, 2.24) is 5.32 Å². The first-order chi connectivity index (χ1) is 10.2. The van der Waals surface area contributed by atoms with Crippen LogP contribution in [0.1, 0.15) is 22.8 Å². The Morgan fingerprint density at radius 1 is 1.05 bits per heavy atom. The average Bonchev–Trinajstić information content (AvgIpc) is 2.53. The van der Waals surface area contributed by atoms with Crippen molar-refractivity contribution < 1.29 is 4.79 Å². The molecule has 2 aromatic carbocycles. The molecule has 0 spiro atoms. The Morgan fingerprint density at radius 3 is 2.38 bits per heavy atom. The molecule has 21 heavy (non-hydrogen) atoms. The molecule has 0 aliphatic heterocycles. The lowest BCUT2D eigenvalue weighted by Gasteiger charge is -2.25. The number of carbonyl (C=O) groups excluding carboxylic acids is 1. The van der Waals surface area contributed by atoms with Crippen molar-refractivity contribution in [3.63, 3.8) is 0 Å². The summed E-state index contributed by atoms with van der Waals surface area (Å²) < 4.78 is 0.